The monoisotopic (exact) mass is 286 g/mol. The molecule has 2 rings (SSSR count). The quantitative estimate of drug-likeness (QED) is 0.832. The third-order valence-electron chi connectivity index (χ3n) is 3.77. The summed E-state index contributed by atoms with van der Waals surface area (Å²) in [5, 5.41) is 0. The van der Waals surface area contributed by atoms with Gasteiger partial charge in [-0.1, -0.05) is 36.4 Å². The third kappa shape index (κ3) is 3.30. The predicted octanol–water partition coefficient (Wildman–Crippen LogP) is 3.92. The fraction of sp³-hybridized carbons (Fsp3) is 0.278. The van der Waals surface area contributed by atoms with Crippen molar-refractivity contribution in [3.05, 3.63) is 65.5 Å². The summed E-state index contributed by atoms with van der Waals surface area (Å²) in [6.07, 6.45) is 0.197. The summed E-state index contributed by atoms with van der Waals surface area (Å²) in [5.41, 5.74) is 1.02. The molecule has 0 radical (unpaired) electrons. The highest BCUT2D eigenvalue weighted by Crippen LogP contribution is 2.26. The van der Waals surface area contributed by atoms with Gasteiger partial charge in [0, 0.05) is 11.8 Å². The van der Waals surface area contributed by atoms with Gasteiger partial charge < -0.3 is 4.74 Å². The fourth-order valence-corrected chi connectivity index (χ4v) is 2.24. The minimum atomic E-state index is -0.600. The maximum atomic E-state index is 13.7. The minimum Gasteiger partial charge on any atom is -0.494 e. The average molecular weight is 286 g/mol. The fourth-order valence-electron chi connectivity index (χ4n) is 2.24. The highest BCUT2D eigenvalue weighted by atomic mass is 19.1. The second-order valence-corrected chi connectivity index (χ2v) is 5.56. The summed E-state index contributed by atoms with van der Waals surface area (Å²) >= 11 is 0. The minimum absolute atomic E-state index is 0.0540. The number of carbonyl (C=O) groups excluding carboxylic acids is 1. The Bertz CT molecular complexity index is 633. The third-order valence-corrected chi connectivity index (χ3v) is 3.77. The molecule has 3 heteroatoms. The van der Waals surface area contributed by atoms with Crippen molar-refractivity contribution in [3.8, 4) is 5.75 Å². The Morgan fingerprint density at radius 1 is 1.14 bits per heavy atom. The average Bonchev–Trinajstić information content (AvgIpc) is 2.48. The molecule has 0 heterocycles. The normalized spacial score (nSPS) is 11.2. The van der Waals surface area contributed by atoms with E-state index < -0.39 is 11.2 Å². The van der Waals surface area contributed by atoms with E-state index in [0.717, 1.165) is 5.56 Å². The molecule has 2 aromatic carbocycles. The highest BCUT2D eigenvalue weighted by Gasteiger charge is 2.29. The summed E-state index contributed by atoms with van der Waals surface area (Å²) in [6, 6.07) is 14.3. The van der Waals surface area contributed by atoms with Crippen LogP contribution in [0.1, 0.15) is 25.0 Å². The number of rotatable bonds is 5. The molecule has 0 fully saturated rings. The van der Waals surface area contributed by atoms with Gasteiger partial charge in [0.25, 0.3) is 0 Å². The first-order chi connectivity index (χ1) is 9.95. The molecule has 2 nitrogen and oxygen atoms in total. The molecule has 0 unspecified atom stereocenters. The van der Waals surface area contributed by atoms with Crippen molar-refractivity contribution in [2.75, 3.05) is 7.11 Å². The molecule has 0 spiro atoms. The zero-order chi connectivity index (χ0) is 15.5. The van der Waals surface area contributed by atoms with E-state index in [1.807, 2.05) is 44.2 Å². The molecule has 0 aromatic heterocycles. The van der Waals surface area contributed by atoms with Gasteiger partial charge in [-0.15, -0.1) is 0 Å². The van der Waals surface area contributed by atoms with Crippen LogP contribution < -0.4 is 4.74 Å². The van der Waals surface area contributed by atoms with Crippen molar-refractivity contribution in [3.63, 3.8) is 0 Å². The van der Waals surface area contributed by atoms with Crippen LogP contribution in [0.5, 0.6) is 5.75 Å². The Morgan fingerprint density at radius 2 is 1.81 bits per heavy atom. The van der Waals surface area contributed by atoms with Crippen molar-refractivity contribution < 1.29 is 13.9 Å². The number of hydrogen-bond donors (Lipinski definition) is 0. The second-order valence-electron chi connectivity index (χ2n) is 5.56. The van der Waals surface area contributed by atoms with Gasteiger partial charge in [0.05, 0.1) is 7.11 Å². The molecule has 0 N–H and O–H groups in total. The second kappa shape index (κ2) is 6.08. The van der Waals surface area contributed by atoms with Crippen LogP contribution >= 0.6 is 0 Å². The molecule has 110 valence electrons. The lowest BCUT2D eigenvalue weighted by molar-refractivity contribution is -0.122. The number of carbonyl (C=O) groups is 1. The number of ketones is 1. The van der Waals surface area contributed by atoms with Gasteiger partial charge in [0.1, 0.15) is 5.78 Å². The van der Waals surface area contributed by atoms with E-state index in [-0.39, 0.29) is 18.0 Å². The van der Waals surface area contributed by atoms with Gasteiger partial charge in [0.2, 0.25) is 0 Å². The Balaban J connectivity index is 2.19. The van der Waals surface area contributed by atoms with E-state index in [4.69, 9.17) is 4.74 Å². The lowest BCUT2D eigenvalue weighted by Gasteiger charge is -2.23. The first-order valence-electron chi connectivity index (χ1n) is 6.86. The van der Waals surface area contributed by atoms with Gasteiger partial charge in [-0.25, -0.2) is 4.39 Å². The first kappa shape index (κ1) is 15.2. The van der Waals surface area contributed by atoms with E-state index in [2.05, 4.69) is 0 Å². The van der Waals surface area contributed by atoms with Crippen LogP contribution in [0, 0.1) is 5.82 Å². The van der Waals surface area contributed by atoms with E-state index in [1.165, 1.54) is 13.2 Å². The SMILES string of the molecule is COc1ccc(CC(=O)C(C)(C)c2ccccc2)cc1F. The van der Waals surface area contributed by atoms with Crippen LogP contribution in [0.15, 0.2) is 48.5 Å². The smallest absolute Gasteiger partial charge is 0.165 e. The lowest BCUT2D eigenvalue weighted by atomic mass is 9.78. The molecule has 0 saturated carbocycles. The van der Waals surface area contributed by atoms with Gasteiger partial charge in [-0.2, -0.15) is 0 Å². The molecule has 0 aliphatic carbocycles. The predicted molar refractivity (Wildman–Crippen MR) is 81.1 cm³/mol. The number of benzene rings is 2. The zero-order valence-electron chi connectivity index (χ0n) is 12.5. The van der Waals surface area contributed by atoms with Crippen LogP contribution in [-0.2, 0) is 16.6 Å². The number of hydrogen-bond acceptors (Lipinski definition) is 2. The Morgan fingerprint density at radius 3 is 2.38 bits per heavy atom. The maximum Gasteiger partial charge on any atom is 0.165 e. The molecule has 0 aliphatic heterocycles. The largest absolute Gasteiger partial charge is 0.494 e. The Kier molecular flexibility index (Phi) is 4.41. The van der Waals surface area contributed by atoms with Crippen molar-refractivity contribution in [2.24, 2.45) is 0 Å². The van der Waals surface area contributed by atoms with Gasteiger partial charge in [0.15, 0.2) is 11.6 Å². The summed E-state index contributed by atoms with van der Waals surface area (Å²) in [5.74, 6) is -0.202. The molecular weight excluding hydrogens is 267 g/mol. The van der Waals surface area contributed by atoms with Gasteiger partial charge >= 0.3 is 0 Å². The zero-order valence-corrected chi connectivity index (χ0v) is 12.5. The van der Waals surface area contributed by atoms with Crippen LogP contribution in [-0.4, -0.2) is 12.9 Å². The Hall–Kier alpha value is -2.16. The van der Waals surface area contributed by atoms with Crippen molar-refractivity contribution in [1.82, 2.24) is 0 Å². The number of halogens is 1. The summed E-state index contributed by atoms with van der Waals surface area (Å²) in [4.78, 5) is 12.5. The molecular formula is C18H19FO2. The van der Waals surface area contributed by atoms with Crippen molar-refractivity contribution in [1.29, 1.82) is 0 Å². The van der Waals surface area contributed by atoms with E-state index in [0.29, 0.717) is 5.56 Å². The summed E-state index contributed by atoms with van der Waals surface area (Å²) in [6.45, 7) is 3.79. The molecule has 0 amide bonds. The summed E-state index contributed by atoms with van der Waals surface area (Å²) in [7, 11) is 1.42. The van der Waals surface area contributed by atoms with Crippen molar-refractivity contribution >= 4 is 5.78 Å². The van der Waals surface area contributed by atoms with Crippen LogP contribution in [0.25, 0.3) is 0 Å². The van der Waals surface area contributed by atoms with Gasteiger partial charge in [-0.3, -0.25) is 4.79 Å². The van der Waals surface area contributed by atoms with Crippen LogP contribution in [0.3, 0.4) is 0 Å². The van der Waals surface area contributed by atoms with E-state index in [9.17, 15) is 9.18 Å². The van der Waals surface area contributed by atoms with Gasteiger partial charge in [-0.05, 0) is 37.1 Å². The number of ether oxygens (including phenoxy) is 1. The van der Waals surface area contributed by atoms with Crippen molar-refractivity contribution in [2.45, 2.75) is 25.7 Å². The van der Waals surface area contributed by atoms with E-state index >= 15 is 0 Å². The number of methoxy groups -OCH3 is 1. The molecule has 21 heavy (non-hydrogen) atoms. The Labute approximate surface area is 124 Å². The van der Waals surface area contributed by atoms with Crippen LogP contribution in [0.2, 0.25) is 0 Å². The van der Waals surface area contributed by atoms with E-state index in [1.54, 1.807) is 12.1 Å². The molecule has 2 aromatic rings. The molecule has 0 aliphatic rings. The summed E-state index contributed by atoms with van der Waals surface area (Å²) < 4.78 is 18.6. The highest BCUT2D eigenvalue weighted by molar-refractivity contribution is 5.91. The molecule has 0 bridgehead atoms. The topological polar surface area (TPSA) is 26.3 Å². The number of Topliss-reactive ketones (excluding diaryl/α,β-unsaturated/α-hetero) is 1. The standard InChI is InChI=1S/C18H19FO2/c1-18(2,14-7-5-4-6-8-14)17(20)12-13-9-10-16(21-3)15(19)11-13/h4-11H,12H2,1-3H3. The maximum absolute atomic E-state index is 13.7. The molecule has 0 atom stereocenters. The molecule has 0 saturated heterocycles. The van der Waals surface area contributed by atoms with Crippen LogP contribution in [0.4, 0.5) is 4.39 Å². The first-order valence-corrected chi connectivity index (χ1v) is 6.86. The lowest BCUT2D eigenvalue weighted by Crippen LogP contribution is -2.30.